The molecule has 4 aromatic rings. The van der Waals surface area contributed by atoms with Crippen LogP contribution >= 0.6 is 11.3 Å². The Morgan fingerprint density at radius 2 is 1.94 bits per heavy atom. The predicted octanol–water partition coefficient (Wildman–Crippen LogP) is 2.15. The summed E-state index contributed by atoms with van der Waals surface area (Å²) < 4.78 is 35.8. The highest BCUT2D eigenvalue weighted by atomic mass is 32.2. The van der Waals surface area contributed by atoms with Gasteiger partial charge in [-0.25, -0.2) is 18.4 Å². The highest BCUT2D eigenvalue weighted by Gasteiger charge is 2.17. The monoisotopic (exact) mass is 501 g/mol. The highest BCUT2D eigenvalue weighted by molar-refractivity contribution is 7.89. The summed E-state index contributed by atoms with van der Waals surface area (Å²) in [4.78, 5) is 41.4. The van der Waals surface area contributed by atoms with Crippen molar-refractivity contribution in [1.29, 1.82) is 0 Å². The van der Waals surface area contributed by atoms with Crippen molar-refractivity contribution in [1.82, 2.24) is 4.57 Å². The molecule has 2 aromatic heterocycles. The third-order valence-electron chi connectivity index (χ3n) is 4.90. The van der Waals surface area contributed by atoms with Crippen LogP contribution in [0.3, 0.4) is 0 Å². The number of aromatic nitrogens is 1. The van der Waals surface area contributed by atoms with Gasteiger partial charge in [0.15, 0.2) is 4.80 Å². The third-order valence-corrected chi connectivity index (χ3v) is 6.85. The van der Waals surface area contributed by atoms with Crippen LogP contribution in [0.1, 0.15) is 23.7 Å². The van der Waals surface area contributed by atoms with Gasteiger partial charge in [-0.2, -0.15) is 4.99 Å². The molecule has 0 spiro atoms. The fourth-order valence-electron chi connectivity index (χ4n) is 3.33. The van der Waals surface area contributed by atoms with E-state index in [0.29, 0.717) is 21.2 Å². The van der Waals surface area contributed by atoms with Gasteiger partial charge in [-0.15, -0.1) is 0 Å². The zero-order valence-electron chi connectivity index (χ0n) is 17.9. The van der Waals surface area contributed by atoms with Crippen molar-refractivity contribution < 1.29 is 27.2 Å². The van der Waals surface area contributed by atoms with E-state index in [9.17, 15) is 22.8 Å². The summed E-state index contributed by atoms with van der Waals surface area (Å²) in [5, 5.41) is 5.79. The lowest BCUT2D eigenvalue weighted by Crippen LogP contribution is -2.21. The first-order chi connectivity index (χ1) is 16.2. The number of primary sulfonamides is 1. The number of sulfonamides is 1. The fraction of sp³-hybridized carbons (Fsp3) is 0.182. The third kappa shape index (κ3) is 4.83. The van der Waals surface area contributed by atoms with Crippen LogP contribution in [-0.4, -0.2) is 31.5 Å². The van der Waals surface area contributed by atoms with E-state index >= 15 is 0 Å². The van der Waals surface area contributed by atoms with Crippen molar-refractivity contribution in [3.05, 3.63) is 69.3 Å². The second-order valence-electron chi connectivity index (χ2n) is 7.17. The first kappa shape index (κ1) is 23.5. The number of aryl methyl sites for hydroxylation is 1. The van der Waals surface area contributed by atoms with Crippen molar-refractivity contribution in [3.8, 4) is 0 Å². The molecule has 12 heteroatoms. The summed E-state index contributed by atoms with van der Waals surface area (Å²) in [6.07, 6.45) is -0.00387. The number of nitrogens with two attached hydrogens (primary N) is 1. The first-order valence-corrected chi connectivity index (χ1v) is 12.5. The predicted molar refractivity (Wildman–Crippen MR) is 125 cm³/mol. The van der Waals surface area contributed by atoms with Gasteiger partial charge in [-0.3, -0.25) is 9.59 Å². The molecule has 0 bridgehead atoms. The Bertz CT molecular complexity index is 1660. The molecule has 0 saturated carbocycles. The second-order valence-corrected chi connectivity index (χ2v) is 9.74. The van der Waals surface area contributed by atoms with E-state index in [-0.39, 0.29) is 34.8 Å². The van der Waals surface area contributed by atoms with Crippen molar-refractivity contribution in [3.63, 3.8) is 0 Å². The van der Waals surface area contributed by atoms with Gasteiger partial charge in [0.25, 0.3) is 5.91 Å². The number of hydrogen-bond acceptors (Lipinski definition) is 8. The van der Waals surface area contributed by atoms with Gasteiger partial charge in [-0.05, 0) is 37.3 Å². The summed E-state index contributed by atoms with van der Waals surface area (Å²) in [6, 6.07) is 12.4. The second kappa shape index (κ2) is 9.33. The summed E-state index contributed by atoms with van der Waals surface area (Å²) in [5.41, 5.74) is -0.203. The molecular formula is C22H19N3O7S2. The number of hydrogen-bond donors (Lipinski definition) is 1. The number of rotatable bonds is 6. The Kier molecular flexibility index (Phi) is 6.46. The molecule has 0 radical (unpaired) electrons. The maximum atomic E-state index is 12.9. The van der Waals surface area contributed by atoms with Crippen molar-refractivity contribution in [2.45, 2.75) is 24.8 Å². The highest BCUT2D eigenvalue weighted by Crippen LogP contribution is 2.22. The molecule has 0 aliphatic heterocycles. The maximum Gasteiger partial charge on any atom is 0.349 e. The number of fused-ring (bicyclic) bond motifs is 2. The van der Waals surface area contributed by atoms with E-state index in [2.05, 4.69) is 4.99 Å². The van der Waals surface area contributed by atoms with Gasteiger partial charge in [0.1, 0.15) is 11.1 Å². The Morgan fingerprint density at radius 3 is 2.68 bits per heavy atom. The number of carbonyl (C=O) groups is 2. The summed E-state index contributed by atoms with van der Waals surface area (Å²) in [6.45, 7) is 2.03. The molecular weight excluding hydrogens is 482 g/mol. The molecule has 2 N–H and O–H groups in total. The minimum atomic E-state index is -3.95. The number of carbonyl (C=O) groups excluding carboxylic acids is 2. The molecule has 0 fully saturated rings. The number of amides is 1. The lowest BCUT2D eigenvalue weighted by Gasteiger charge is -2.06. The normalized spacial score (nSPS) is 12.4. The van der Waals surface area contributed by atoms with E-state index in [1.54, 1.807) is 35.8 Å². The van der Waals surface area contributed by atoms with Crippen LogP contribution in [0.4, 0.5) is 0 Å². The number of thiazole rings is 1. The number of benzene rings is 2. The molecule has 2 aromatic carbocycles. The average molecular weight is 502 g/mol. The lowest BCUT2D eigenvalue weighted by atomic mass is 10.2. The number of nitrogens with zero attached hydrogens (tertiary/aromatic N) is 2. The SMILES string of the molecule is CCOC(=O)CCn1c(=NC(=O)c2cc3ccccc3oc2=O)sc2cc(S(N)(=O)=O)ccc21. The van der Waals surface area contributed by atoms with Crippen LogP contribution in [-0.2, 0) is 26.1 Å². The molecule has 0 aliphatic carbocycles. The average Bonchev–Trinajstić information content (AvgIpc) is 3.12. The first-order valence-electron chi connectivity index (χ1n) is 10.1. The molecule has 10 nitrogen and oxygen atoms in total. The Balaban J connectivity index is 1.84. The smallest absolute Gasteiger partial charge is 0.349 e. The largest absolute Gasteiger partial charge is 0.466 e. The molecule has 34 heavy (non-hydrogen) atoms. The standard InChI is InChI=1S/C22H19N3O7S2/c1-2-31-19(26)9-10-25-16-8-7-14(34(23,29)30)12-18(16)33-22(25)24-20(27)15-11-13-5-3-4-6-17(13)32-21(15)28/h3-8,11-12H,2,9-10H2,1H3,(H2,23,29,30). The minimum Gasteiger partial charge on any atom is -0.466 e. The summed E-state index contributed by atoms with van der Waals surface area (Å²) in [5.74, 6) is -1.27. The van der Waals surface area contributed by atoms with Crippen LogP contribution in [0.25, 0.3) is 21.2 Å². The van der Waals surface area contributed by atoms with Crippen molar-refractivity contribution in [2.75, 3.05) is 6.61 Å². The number of esters is 1. The van der Waals surface area contributed by atoms with Gasteiger partial charge in [0.05, 0.1) is 28.1 Å². The van der Waals surface area contributed by atoms with E-state index in [1.807, 2.05) is 0 Å². The molecule has 1 amide bonds. The van der Waals surface area contributed by atoms with Crippen LogP contribution in [0, 0.1) is 0 Å². The van der Waals surface area contributed by atoms with Crippen molar-refractivity contribution >= 4 is 54.4 Å². The minimum absolute atomic E-state index is 0.00387. The van der Waals surface area contributed by atoms with Crippen molar-refractivity contribution in [2.24, 2.45) is 10.1 Å². The van der Waals surface area contributed by atoms with Crippen LogP contribution < -0.4 is 15.6 Å². The Labute approximate surface area is 197 Å². The van der Waals surface area contributed by atoms with Gasteiger partial charge in [0.2, 0.25) is 10.0 Å². The maximum absolute atomic E-state index is 12.9. The van der Waals surface area contributed by atoms with Crippen LogP contribution in [0.5, 0.6) is 0 Å². The van der Waals surface area contributed by atoms with Crippen LogP contribution in [0.2, 0.25) is 0 Å². The fourth-order valence-corrected chi connectivity index (χ4v) is 5.03. The van der Waals surface area contributed by atoms with Gasteiger partial charge < -0.3 is 13.7 Å². The molecule has 0 unspecified atom stereocenters. The lowest BCUT2D eigenvalue weighted by molar-refractivity contribution is -0.143. The van der Waals surface area contributed by atoms with Gasteiger partial charge >= 0.3 is 11.6 Å². The molecule has 0 atom stereocenters. The summed E-state index contributed by atoms with van der Waals surface area (Å²) >= 11 is 1.02. The van der Waals surface area contributed by atoms with Gasteiger partial charge in [-0.1, -0.05) is 29.5 Å². The topological polar surface area (TPSA) is 151 Å². The Hall–Kier alpha value is -3.61. The van der Waals surface area contributed by atoms with E-state index < -0.39 is 27.5 Å². The molecule has 2 heterocycles. The van der Waals surface area contributed by atoms with E-state index in [0.717, 1.165) is 11.3 Å². The molecule has 0 aliphatic rings. The zero-order valence-corrected chi connectivity index (χ0v) is 19.5. The molecule has 0 saturated heterocycles. The number of ether oxygens (including phenoxy) is 1. The summed E-state index contributed by atoms with van der Waals surface area (Å²) in [7, 11) is -3.95. The molecule has 4 rings (SSSR count). The van der Waals surface area contributed by atoms with Crippen LogP contribution in [0.15, 0.2) is 67.6 Å². The number of para-hydroxylation sites is 1. The molecule has 176 valence electrons. The quantitative estimate of drug-likeness (QED) is 0.314. The Morgan fingerprint density at radius 1 is 1.18 bits per heavy atom. The zero-order chi connectivity index (χ0) is 24.5. The van der Waals surface area contributed by atoms with E-state index in [4.69, 9.17) is 14.3 Å². The van der Waals surface area contributed by atoms with E-state index in [1.165, 1.54) is 24.3 Å². The van der Waals surface area contributed by atoms with Gasteiger partial charge in [0, 0.05) is 11.9 Å².